The molecule has 0 spiro atoms. The lowest BCUT2D eigenvalue weighted by Crippen LogP contribution is -2.27. The predicted octanol–water partition coefficient (Wildman–Crippen LogP) is 3.28. The molecule has 1 aliphatic rings. The maximum Gasteiger partial charge on any atom is 0.227 e. The van der Waals surface area contributed by atoms with Gasteiger partial charge in [0.2, 0.25) is 10.3 Å². The van der Waals surface area contributed by atoms with Gasteiger partial charge < -0.3 is 5.32 Å². The molecule has 0 bridgehead atoms. The number of nitrogens with zero attached hydrogens (tertiary/aromatic N) is 4. The van der Waals surface area contributed by atoms with E-state index in [-0.39, 0.29) is 11.4 Å². The lowest BCUT2D eigenvalue weighted by Gasteiger charge is -2.18. The molecular formula is C15H15ClN6S. The smallest absolute Gasteiger partial charge is 0.227 e. The maximum atomic E-state index is 6.22. The monoisotopic (exact) mass is 346 g/mol. The van der Waals surface area contributed by atoms with Gasteiger partial charge in [-0.2, -0.15) is 5.10 Å². The van der Waals surface area contributed by atoms with Crippen LogP contribution in [-0.2, 0) is 0 Å². The second-order valence-electron chi connectivity index (χ2n) is 4.82. The first-order valence-corrected chi connectivity index (χ1v) is 8.28. The summed E-state index contributed by atoms with van der Waals surface area (Å²) in [6.07, 6.45) is 9.54. The van der Waals surface area contributed by atoms with Crippen molar-refractivity contribution in [3.63, 3.8) is 0 Å². The van der Waals surface area contributed by atoms with E-state index in [1.54, 1.807) is 6.20 Å². The number of hydrogen-bond donors (Lipinski definition) is 2. The highest BCUT2D eigenvalue weighted by molar-refractivity contribution is 7.19. The van der Waals surface area contributed by atoms with Crippen LogP contribution in [0.1, 0.15) is 12.6 Å². The molecule has 0 radical (unpaired) electrons. The fourth-order valence-corrected chi connectivity index (χ4v) is 2.81. The Hall–Kier alpha value is -2.25. The van der Waals surface area contributed by atoms with Crippen LogP contribution in [0.2, 0.25) is 0 Å². The Labute approximate surface area is 143 Å². The van der Waals surface area contributed by atoms with Crippen molar-refractivity contribution in [1.82, 2.24) is 15.2 Å². The number of hydrogen-bond acceptors (Lipinski definition) is 7. The third-order valence-corrected chi connectivity index (χ3v) is 4.31. The zero-order valence-electron chi connectivity index (χ0n) is 12.3. The molecule has 3 rings (SSSR count). The zero-order valence-corrected chi connectivity index (χ0v) is 13.9. The Bertz CT molecular complexity index is 739. The van der Waals surface area contributed by atoms with Gasteiger partial charge in [0.1, 0.15) is 0 Å². The number of aromatic nitrogens is 3. The molecule has 2 heterocycles. The summed E-state index contributed by atoms with van der Waals surface area (Å²) in [6.45, 7) is 1.88. The number of hydrazone groups is 1. The summed E-state index contributed by atoms with van der Waals surface area (Å²) in [4.78, 5) is 4.24. The van der Waals surface area contributed by atoms with Gasteiger partial charge in [-0.3, -0.25) is 10.4 Å². The van der Waals surface area contributed by atoms with E-state index in [1.807, 2.05) is 49.4 Å². The first kappa shape index (κ1) is 15.6. The SMILES string of the molecule is C/C(=N/Nc1nnc(NC2C=CC=CC2Cl)s1)c1ccccn1. The topological polar surface area (TPSA) is 75.1 Å². The van der Waals surface area contributed by atoms with Crippen LogP contribution in [0, 0.1) is 0 Å². The Morgan fingerprint density at radius 2 is 2.04 bits per heavy atom. The standard InChI is InChI=1S/C15H15ClN6S/c1-10(12-7-4-5-9-17-12)19-21-15-22-20-14(23-15)18-13-8-3-2-6-11(13)16/h2-9,11,13H,1H3,(H,18,20)(H,21,22)/b19-10-. The number of halogens is 1. The summed E-state index contributed by atoms with van der Waals surface area (Å²) in [7, 11) is 0. The number of anilines is 2. The average Bonchev–Trinajstić information content (AvgIpc) is 3.03. The van der Waals surface area contributed by atoms with Crippen molar-refractivity contribution in [2.75, 3.05) is 10.7 Å². The molecule has 0 saturated carbocycles. The van der Waals surface area contributed by atoms with Gasteiger partial charge in [0.05, 0.1) is 22.8 Å². The number of pyridine rings is 1. The molecule has 1 aliphatic carbocycles. The molecule has 118 valence electrons. The van der Waals surface area contributed by atoms with Crippen molar-refractivity contribution in [1.29, 1.82) is 0 Å². The fraction of sp³-hybridized carbons (Fsp3) is 0.200. The second-order valence-corrected chi connectivity index (χ2v) is 6.30. The third-order valence-electron chi connectivity index (χ3n) is 3.14. The summed E-state index contributed by atoms with van der Waals surface area (Å²) in [6, 6.07) is 5.69. The average molecular weight is 347 g/mol. The highest BCUT2D eigenvalue weighted by atomic mass is 35.5. The van der Waals surface area contributed by atoms with Crippen LogP contribution < -0.4 is 10.7 Å². The van der Waals surface area contributed by atoms with E-state index in [1.165, 1.54) is 11.3 Å². The Kier molecular flexibility index (Phi) is 4.99. The fourth-order valence-electron chi connectivity index (χ4n) is 1.94. The zero-order chi connectivity index (χ0) is 16.1. The molecule has 0 fully saturated rings. The molecule has 8 heteroatoms. The molecule has 2 aromatic heterocycles. The van der Waals surface area contributed by atoms with E-state index in [2.05, 4.69) is 31.0 Å². The van der Waals surface area contributed by atoms with Crippen molar-refractivity contribution < 1.29 is 0 Å². The normalized spacial score (nSPS) is 20.5. The highest BCUT2D eigenvalue weighted by Gasteiger charge is 2.17. The number of allylic oxidation sites excluding steroid dienone is 2. The van der Waals surface area contributed by atoms with E-state index in [0.29, 0.717) is 10.3 Å². The van der Waals surface area contributed by atoms with E-state index in [4.69, 9.17) is 11.6 Å². The quantitative estimate of drug-likeness (QED) is 0.493. The van der Waals surface area contributed by atoms with Gasteiger partial charge in [0, 0.05) is 6.20 Å². The van der Waals surface area contributed by atoms with Crippen LogP contribution in [0.5, 0.6) is 0 Å². The molecule has 2 aromatic rings. The Morgan fingerprint density at radius 3 is 2.83 bits per heavy atom. The summed E-state index contributed by atoms with van der Waals surface area (Å²) >= 11 is 7.60. The van der Waals surface area contributed by atoms with Gasteiger partial charge >= 0.3 is 0 Å². The minimum Gasteiger partial charge on any atom is -0.352 e. The van der Waals surface area contributed by atoms with Gasteiger partial charge in [-0.15, -0.1) is 21.8 Å². The molecule has 0 saturated heterocycles. The summed E-state index contributed by atoms with van der Waals surface area (Å²) < 4.78 is 0. The molecule has 0 aliphatic heterocycles. The lowest BCUT2D eigenvalue weighted by molar-refractivity contribution is 0.881. The Balaban J connectivity index is 1.61. The van der Waals surface area contributed by atoms with Crippen LogP contribution in [0.3, 0.4) is 0 Å². The van der Waals surface area contributed by atoms with Crippen molar-refractivity contribution in [3.8, 4) is 0 Å². The van der Waals surface area contributed by atoms with Crippen molar-refractivity contribution in [2.45, 2.75) is 18.3 Å². The molecule has 6 nitrogen and oxygen atoms in total. The van der Waals surface area contributed by atoms with Gasteiger partial charge in [-0.1, -0.05) is 41.7 Å². The van der Waals surface area contributed by atoms with Crippen LogP contribution in [0.4, 0.5) is 10.3 Å². The largest absolute Gasteiger partial charge is 0.352 e. The highest BCUT2D eigenvalue weighted by Crippen LogP contribution is 2.23. The molecule has 2 unspecified atom stereocenters. The van der Waals surface area contributed by atoms with Crippen molar-refractivity contribution in [3.05, 3.63) is 54.4 Å². The first-order chi connectivity index (χ1) is 11.2. The third kappa shape index (κ3) is 4.14. The molecule has 0 amide bonds. The maximum absolute atomic E-state index is 6.22. The van der Waals surface area contributed by atoms with Gasteiger partial charge in [0.25, 0.3) is 0 Å². The van der Waals surface area contributed by atoms with Crippen LogP contribution in [0.25, 0.3) is 0 Å². The van der Waals surface area contributed by atoms with Crippen LogP contribution >= 0.6 is 22.9 Å². The molecule has 0 aromatic carbocycles. The van der Waals surface area contributed by atoms with Crippen LogP contribution in [-0.4, -0.2) is 32.3 Å². The van der Waals surface area contributed by atoms with Crippen molar-refractivity contribution in [2.24, 2.45) is 5.10 Å². The van der Waals surface area contributed by atoms with Crippen molar-refractivity contribution >= 4 is 38.9 Å². The second kappa shape index (κ2) is 7.34. The van der Waals surface area contributed by atoms with Gasteiger partial charge in [-0.25, -0.2) is 0 Å². The van der Waals surface area contributed by atoms with E-state index in [9.17, 15) is 0 Å². The first-order valence-electron chi connectivity index (χ1n) is 7.03. The van der Waals surface area contributed by atoms with Crippen LogP contribution in [0.15, 0.2) is 53.8 Å². The minimum atomic E-state index is -0.107. The number of alkyl halides is 1. The van der Waals surface area contributed by atoms with E-state index < -0.39 is 0 Å². The Morgan fingerprint density at radius 1 is 1.22 bits per heavy atom. The van der Waals surface area contributed by atoms with E-state index >= 15 is 0 Å². The lowest BCUT2D eigenvalue weighted by atomic mass is 10.1. The summed E-state index contributed by atoms with van der Waals surface area (Å²) in [5, 5.41) is 16.8. The minimum absolute atomic E-state index is 0.00113. The van der Waals surface area contributed by atoms with Gasteiger partial charge in [-0.05, 0) is 19.1 Å². The molecule has 23 heavy (non-hydrogen) atoms. The predicted molar refractivity (Wildman–Crippen MR) is 95.3 cm³/mol. The van der Waals surface area contributed by atoms with Gasteiger partial charge in [0.15, 0.2) is 0 Å². The number of rotatable bonds is 5. The molecular weight excluding hydrogens is 332 g/mol. The number of nitrogens with one attached hydrogen (secondary N) is 2. The van der Waals surface area contributed by atoms with E-state index in [0.717, 1.165) is 11.4 Å². The molecule has 2 atom stereocenters. The summed E-state index contributed by atoms with van der Waals surface area (Å²) in [5.74, 6) is 0. The molecule has 2 N–H and O–H groups in total. The summed E-state index contributed by atoms with van der Waals surface area (Å²) in [5.41, 5.74) is 4.49.